The average molecular weight is 1060 g/mol. The number of carbonyl (C=O) groups excluding carboxylic acids is 2. The van der Waals surface area contributed by atoms with Crippen molar-refractivity contribution in [2.45, 2.75) is 200 Å². The van der Waals surface area contributed by atoms with E-state index in [-0.39, 0.29) is 32.6 Å². The molecule has 0 saturated carbocycles. The van der Waals surface area contributed by atoms with E-state index in [1.807, 2.05) is 0 Å². The number of carbonyl (C=O) groups is 2. The Balaban J connectivity index is 4.15. The first-order valence-electron chi connectivity index (χ1n) is 28.6. The van der Waals surface area contributed by atoms with Gasteiger partial charge in [0.1, 0.15) is 6.61 Å². The summed E-state index contributed by atoms with van der Waals surface area (Å²) in [6.45, 7) is 3.43. The van der Waals surface area contributed by atoms with E-state index in [1.54, 1.807) is 0 Å². The topological polar surface area (TPSA) is 134 Å². The summed E-state index contributed by atoms with van der Waals surface area (Å²) in [6, 6.07) is 0. The lowest BCUT2D eigenvalue weighted by Crippen LogP contribution is -2.29. The van der Waals surface area contributed by atoms with Gasteiger partial charge < -0.3 is 20.1 Å². The fourth-order valence-electron chi connectivity index (χ4n) is 6.95. The normalized spacial score (nSPS) is 14.3. The van der Waals surface area contributed by atoms with Crippen LogP contribution in [-0.2, 0) is 32.7 Å². The molecule has 0 heterocycles. The summed E-state index contributed by atoms with van der Waals surface area (Å²) in [7, 11) is -4.41. The zero-order valence-corrected chi connectivity index (χ0v) is 47.6. The number of ether oxygens (including phenoxy) is 2. The van der Waals surface area contributed by atoms with Crippen molar-refractivity contribution in [3.63, 3.8) is 0 Å². The number of phosphoric ester groups is 1. The largest absolute Gasteiger partial charge is 0.472 e. The fourth-order valence-corrected chi connectivity index (χ4v) is 7.71. The van der Waals surface area contributed by atoms with Gasteiger partial charge in [0, 0.05) is 19.4 Å². The Morgan fingerprint density at radius 1 is 0.400 bits per heavy atom. The second kappa shape index (κ2) is 58.6. The molecule has 10 heteroatoms. The van der Waals surface area contributed by atoms with Gasteiger partial charge >= 0.3 is 19.8 Å². The zero-order chi connectivity index (χ0) is 54.5. The van der Waals surface area contributed by atoms with Crippen molar-refractivity contribution in [3.05, 3.63) is 170 Å². The summed E-state index contributed by atoms with van der Waals surface area (Å²) in [4.78, 5) is 35.2. The molecule has 0 aliphatic rings. The Kier molecular flexibility index (Phi) is 55.0. The van der Waals surface area contributed by atoms with Crippen LogP contribution in [0.15, 0.2) is 170 Å². The summed E-state index contributed by atoms with van der Waals surface area (Å²) >= 11 is 0. The minimum atomic E-state index is -4.41. The third kappa shape index (κ3) is 58.5. The van der Waals surface area contributed by atoms with Crippen molar-refractivity contribution >= 4 is 19.8 Å². The molecule has 0 amide bonds. The molecule has 0 spiro atoms. The first-order valence-corrected chi connectivity index (χ1v) is 30.1. The summed E-state index contributed by atoms with van der Waals surface area (Å²) in [5, 5.41) is 0. The number of hydrogen-bond donors (Lipinski definition) is 2. The van der Waals surface area contributed by atoms with Gasteiger partial charge in [-0.3, -0.25) is 18.6 Å². The van der Waals surface area contributed by atoms with Crippen molar-refractivity contribution in [2.75, 3.05) is 26.4 Å². The van der Waals surface area contributed by atoms with Gasteiger partial charge in [-0.15, -0.1) is 0 Å². The summed E-state index contributed by atoms with van der Waals surface area (Å²) in [5.41, 5.74) is 5.38. The van der Waals surface area contributed by atoms with Crippen LogP contribution in [0.5, 0.6) is 0 Å². The molecular formula is C65H102NO8P. The van der Waals surface area contributed by atoms with E-state index in [0.29, 0.717) is 12.8 Å². The van der Waals surface area contributed by atoms with E-state index in [1.165, 1.54) is 0 Å². The number of unbranched alkanes of at least 4 members (excludes halogenated alkanes) is 10. The number of esters is 2. The maximum atomic E-state index is 12.7. The van der Waals surface area contributed by atoms with Crippen LogP contribution in [-0.4, -0.2) is 49.3 Å². The lowest BCUT2D eigenvalue weighted by atomic mass is 10.1. The molecule has 2 atom stereocenters. The summed E-state index contributed by atoms with van der Waals surface area (Å²) < 4.78 is 33.0. The van der Waals surface area contributed by atoms with Crippen LogP contribution >= 0.6 is 7.82 Å². The van der Waals surface area contributed by atoms with E-state index in [0.717, 1.165) is 154 Å². The highest BCUT2D eigenvalue weighted by atomic mass is 31.2. The Bertz CT molecular complexity index is 1820. The quantitative estimate of drug-likeness (QED) is 0.0264. The Hall–Kier alpha value is -4.63. The third-order valence-corrected chi connectivity index (χ3v) is 12.1. The molecule has 0 aliphatic carbocycles. The van der Waals surface area contributed by atoms with Gasteiger partial charge in [0.05, 0.1) is 13.2 Å². The minimum absolute atomic E-state index is 0.0363. The molecule has 0 radical (unpaired) electrons. The summed E-state index contributed by atoms with van der Waals surface area (Å²) in [6.07, 6.45) is 86.8. The maximum Gasteiger partial charge on any atom is 0.472 e. The fraction of sp³-hybridized carbons (Fsp3) is 0.538. The van der Waals surface area contributed by atoms with Gasteiger partial charge in [-0.05, 0) is 128 Å². The molecule has 9 nitrogen and oxygen atoms in total. The maximum absolute atomic E-state index is 12.7. The highest BCUT2D eigenvalue weighted by molar-refractivity contribution is 7.47. The molecule has 0 aromatic rings. The van der Waals surface area contributed by atoms with Gasteiger partial charge in [-0.25, -0.2) is 4.57 Å². The van der Waals surface area contributed by atoms with Gasteiger partial charge in [0.15, 0.2) is 6.10 Å². The second-order valence-electron chi connectivity index (χ2n) is 18.0. The van der Waals surface area contributed by atoms with Crippen molar-refractivity contribution in [1.29, 1.82) is 0 Å². The van der Waals surface area contributed by atoms with E-state index in [2.05, 4.69) is 184 Å². The van der Waals surface area contributed by atoms with Crippen LogP contribution in [0.4, 0.5) is 0 Å². The van der Waals surface area contributed by atoms with E-state index < -0.39 is 32.5 Å². The van der Waals surface area contributed by atoms with Crippen molar-refractivity contribution < 1.29 is 37.6 Å². The predicted molar refractivity (Wildman–Crippen MR) is 320 cm³/mol. The van der Waals surface area contributed by atoms with Gasteiger partial charge in [0.2, 0.25) is 0 Å². The molecule has 75 heavy (non-hydrogen) atoms. The van der Waals surface area contributed by atoms with Crippen LogP contribution in [0.1, 0.15) is 194 Å². The molecule has 0 aromatic carbocycles. The predicted octanol–water partition coefficient (Wildman–Crippen LogP) is 18.3. The van der Waals surface area contributed by atoms with E-state index in [9.17, 15) is 19.0 Å². The SMILES string of the molecule is CC/C=C\C/C=C\C/C=C\C/C=C\C/C=C\C/C=C\C/C=C\C/C=C\CCCCCCCCC(=O)OC(COC(=O)CCCCCC/C=C\C/C=C\C/C=C\C/C=C\C/C=C\C/C=C\CC)COP(=O)(O)OCCN. The van der Waals surface area contributed by atoms with Gasteiger partial charge in [0.25, 0.3) is 0 Å². The van der Waals surface area contributed by atoms with Gasteiger partial charge in [-0.2, -0.15) is 0 Å². The molecule has 0 aromatic heterocycles. The average Bonchev–Trinajstić information content (AvgIpc) is 3.40. The standard InChI is InChI=1S/C65H102NO8P/c1-3-5-7-9-11-13-15-17-19-21-23-25-27-28-29-30-31-32-33-34-36-38-40-42-44-46-48-50-52-54-56-58-65(68)74-63(62-73-75(69,70)72-60-59-66)61-71-64(67)57-55-53-51-49-47-45-43-41-39-37-35-26-24-22-20-18-16-14-12-10-8-6-4-2/h5-8,11-14,17-20,23-26,28-29,31-32,34,36-37,39-40,42-43,45,63H,3-4,9-10,15-16,21-22,27,30,33,35,38,41,44,46-62,66H2,1-2H3,(H,69,70)/b7-5-,8-6-,13-11-,14-12-,19-17-,20-18-,25-23-,26-24-,29-28-,32-31-,36-34-,39-37-,42-40-,45-43-. The minimum Gasteiger partial charge on any atom is -0.462 e. The highest BCUT2D eigenvalue weighted by Crippen LogP contribution is 2.43. The van der Waals surface area contributed by atoms with Crippen LogP contribution in [0, 0.1) is 0 Å². The smallest absolute Gasteiger partial charge is 0.462 e. The molecule has 0 rings (SSSR count). The van der Waals surface area contributed by atoms with Crippen LogP contribution in [0.3, 0.4) is 0 Å². The zero-order valence-electron chi connectivity index (χ0n) is 46.7. The number of nitrogens with two attached hydrogens (primary N) is 1. The Morgan fingerprint density at radius 2 is 0.693 bits per heavy atom. The first kappa shape index (κ1) is 70.4. The van der Waals surface area contributed by atoms with Crippen LogP contribution in [0.25, 0.3) is 0 Å². The van der Waals surface area contributed by atoms with E-state index in [4.69, 9.17) is 24.3 Å². The van der Waals surface area contributed by atoms with E-state index >= 15 is 0 Å². The van der Waals surface area contributed by atoms with Crippen molar-refractivity contribution in [2.24, 2.45) is 5.73 Å². The molecule has 0 bridgehead atoms. The lowest BCUT2D eigenvalue weighted by molar-refractivity contribution is -0.161. The Labute approximate surface area is 457 Å². The Morgan fingerprint density at radius 3 is 1.03 bits per heavy atom. The first-order chi connectivity index (χ1) is 36.8. The molecule has 0 saturated heterocycles. The van der Waals surface area contributed by atoms with Crippen LogP contribution < -0.4 is 5.73 Å². The second-order valence-corrected chi connectivity index (χ2v) is 19.5. The molecule has 0 aliphatic heterocycles. The molecule has 2 unspecified atom stereocenters. The molecule has 420 valence electrons. The monoisotopic (exact) mass is 1060 g/mol. The van der Waals surface area contributed by atoms with Crippen LogP contribution in [0.2, 0.25) is 0 Å². The molecule has 3 N–H and O–H groups in total. The number of phosphoric acid groups is 1. The lowest BCUT2D eigenvalue weighted by Gasteiger charge is -2.19. The molecule has 0 fully saturated rings. The highest BCUT2D eigenvalue weighted by Gasteiger charge is 2.26. The molecular weight excluding hydrogens is 954 g/mol. The number of hydrogen-bond acceptors (Lipinski definition) is 8. The number of allylic oxidation sites excluding steroid dienone is 28. The van der Waals surface area contributed by atoms with Crippen molar-refractivity contribution in [1.82, 2.24) is 0 Å². The third-order valence-electron chi connectivity index (χ3n) is 11.1. The summed E-state index contributed by atoms with van der Waals surface area (Å²) in [5.74, 6) is -0.890. The van der Waals surface area contributed by atoms with Crippen molar-refractivity contribution in [3.8, 4) is 0 Å². The van der Waals surface area contributed by atoms with Gasteiger partial charge in [-0.1, -0.05) is 223 Å². The number of rotatable bonds is 51.